The first-order chi connectivity index (χ1) is 14.9. The highest BCUT2D eigenvalue weighted by Crippen LogP contribution is 2.36. The first-order valence-corrected chi connectivity index (χ1v) is 10.7. The second kappa shape index (κ2) is 10.3. The van der Waals surface area contributed by atoms with Crippen LogP contribution >= 0.6 is 15.9 Å². The Labute approximate surface area is 190 Å². The van der Waals surface area contributed by atoms with Crippen molar-refractivity contribution in [3.05, 3.63) is 81.8 Å². The summed E-state index contributed by atoms with van der Waals surface area (Å²) in [5, 5.41) is 12.4. The van der Waals surface area contributed by atoms with Gasteiger partial charge in [0.15, 0.2) is 11.6 Å². The molecule has 1 atom stereocenters. The van der Waals surface area contributed by atoms with Gasteiger partial charge in [-0.05, 0) is 79.2 Å². The van der Waals surface area contributed by atoms with Gasteiger partial charge in [-0.2, -0.15) is 5.26 Å². The van der Waals surface area contributed by atoms with Gasteiger partial charge in [0.1, 0.15) is 10.4 Å². The molecule has 1 heterocycles. The summed E-state index contributed by atoms with van der Waals surface area (Å²) in [5.74, 6) is 0.152. The van der Waals surface area contributed by atoms with Crippen molar-refractivity contribution in [1.29, 1.82) is 5.26 Å². The fourth-order valence-electron chi connectivity index (χ4n) is 3.10. The molecule has 31 heavy (non-hydrogen) atoms. The van der Waals surface area contributed by atoms with Crippen LogP contribution in [0.25, 0.3) is 0 Å². The second-order valence-corrected chi connectivity index (χ2v) is 7.89. The van der Waals surface area contributed by atoms with Crippen molar-refractivity contribution in [3.63, 3.8) is 0 Å². The van der Waals surface area contributed by atoms with Crippen molar-refractivity contribution in [1.82, 2.24) is 4.98 Å². The average molecular weight is 484 g/mol. The maximum atomic E-state index is 15.6. The van der Waals surface area contributed by atoms with Gasteiger partial charge in [0.05, 0.1) is 36.1 Å². The van der Waals surface area contributed by atoms with E-state index in [0.717, 1.165) is 5.69 Å². The molecule has 160 valence electrons. The lowest BCUT2D eigenvalue weighted by Gasteiger charge is -2.23. The summed E-state index contributed by atoms with van der Waals surface area (Å²) in [6.45, 7) is 5.99. The van der Waals surface area contributed by atoms with E-state index in [4.69, 9.17) is 14.7 Å². The van der Waals surface area contributed by atoms with Gasteiger partial charge in [0.2, 0.25) is 0 Å². The van der Waals surface area contributed by atoms with Crippen molar-refractivity contribution >= 4 is 21.6 Å². The van der Waals surface area contributed by atoms with E-state index in [1.807, 2.05) is 39.0 Å². The Balaban J connectivity index is 2.13. The van der Waals surface area contributed by atoms with Crippen LogP contribution in [0.5, 0.6) is 11.5 Å². The van der Waals surface area contributed by atoms with Crippen LogP contribution in [0.1, 0.15) is 43.6 Å². The minimum atomic E-state index is -0.625. The van der Waals surface area contributed by atoms with Gasteiger partial charge < -0.3 is 14.8 Å². The molecule has 0 fully saturated rings. The van der Waals surface area contributed by atoms with E-state index in [0.29, 0.717) is 33.8 Å². The first kappa shape index (κ1) is 22.6. The first-order valence-electron chi connectivity index (χ1n) is 9.93. The molecule has 0 bridgehead atoms. The average Bonchev–Trinajstić information content (AvgIpc) is 2.74. The molecule has 5 nitrogen and oxygen atoms in total. The van der Waals surface area contributed by atoms with Gasteiger partial charge in [0, 0.05) is 17.3 Å². The largest absolute Gasteiger partial charge is 0.494 e. The highest BCUT2D eigenvalue weighted by atomic mass is 79.9. The van der Waals surface area contributed by atoms with Gasteiger partial charge in [-0.1, -0.05) is 6.07 Å². The third-order valence-corrected chi connectivity index (χ3v) is 4.82. The van der Waals surface area contributed by atoms with E-state index in [1.54, 1.807) is 36.4 Å². The zero-order chi connectivity index (χ0) is 22.4. The Morgan fingerprint density at radius 1 is 1.16 bits per heavy atom. The molecule has 1 unspecified atom stereocenters. The zero-order valence-corrected chi connectivity index (χ0v) is 19.1. The van der Waals surface area contributed by atoms with Crippen molar-refractivity contribution in [3.8, 4) is 17.6 Å². The second-order valence-electron chi connectivity index (χ2n) is 7.08. The molecule has 0 amide bonds. The molecule has 2 aromatic carbocycles. The van der Waals surface area contributed by atoms with Crippen LogP contribution in [-0.4, -0.2) is 17.7 Å². The molecule has 3 aromatic rings. The van der Waals surface area contributed by atoms with E-state index in [1.165, 1.54) is 0 Å². The molecule has 0 aliphatic carbocycles. The predicted octanol–water partition coefficient (Wildman–Crippen LogP) is 6.24. The quantitative estimate of drug-likeness (QED) is 0.384. The predicted molar refractivity (Wildman–Crippen MR) is 122 cm³/mol. The number of halogens is 2. The fourth-order valence-corrected chi connectivity index (χ4v) is 3.45. The lowest BCUT2D eigenvalue weighted by molar-refractivity contribution is 0.228. The van der Waals surface area contributed by atoms with Crippen molar-refractivity contribution in [2.45, 2.75) is 32.9 Å². The summed E-state index contributed by atoms with van der Waals surface area (Å²) < 4.78 is 27.6. The lowest BCUT2D eigenvalue weighted by atomic mass is 10.0. The molecule has 0 aliphatic rings. The van der Waals surface area contributed by atoms with Gasteiger partial charge in [0.25, 0.3) is 0 Å². The van der Waals surface area contributed by atoms with Gasteiger partial charge in [-0.3, -0.25) is 0 Å². The normalized spacial score (nSPS) is 11.6. The molecule has 1 aromatic heterocycles. The summed E-state index contributed by atoms with van der Waals surface area (Å²) in [4.78, 5) is 4.54. The summed E-state index contributed by atoms with van der Waals surface area (Å²) in [5.41, 5.74) is 2.22. The van der Waals surface area contributed by atoms with Crippen LogP contribution in [0.2, 0.25) is 0 Å². The van der Waals surface area contributed by atoms with E-state index in [-0.39, 0.29) is 11.9 Å². The smallest absolute Gasteiger partial charge is 0.171 e. The Bertz CT molecular complexity index is 1080. The van der Waals surface area contributed by atoms with Gasteiger partial charge in [-0.25, -0.2) is 9.37 Å². The van der Waals surface area contributed by atoms with Gasteiger partial charge >= 0.3 is 0 Å². The molecule has 0 saturated heterocycles. The van der Waals surface area contributed by atoms with Gasteiger partial charge in [-0.15, -0.1) is 0 Å². The van der Waals surface area contributed by atoms with Crippen molar-refractivity contribution in [2.24, 2.45) is 0 Å². The number of hydrogen-bond acceptors (Lipinski definition) is 5. The van der Waals surface area contributed by atoms with E-state index >= 15 is 4.39 Å². The fraction of sp³-hybridized carbons (Fsp3) is 0.250. The van der Waals surface area contributed by atoms with Crippen LogP contribution in [0, 0.1) is 17.1 Å². The molecule has 7 heteroatoms. The third kappa shape index (κ3) is 5.74. The monoisotopic (exact) mass is 483 g/mol. The molecule has 1 N–H and O–H groups in total. The zero-order valence-electron chi connectivity index (χ0n) is 17.5. The number of nitriles is 1. The Morgan fingerprint density at radius 2 is 1.90 bits per heavy atom. The molecule has 0 radical (unpaired) electrons. The highest BCUT2D eigenvalue weighted by Gasteiger charge is 2.24. The maximum Gasteiger partial charge on any atom is 0.171 e. The minimum Gasteiger partial charge on any atom is -0.494 e. The van der Waals surface area contributed by atoms with E-state index < -0.39 is 11.9 Å². The Kier molecular flexibility index (Phi) is 7.48. The number of nitrogens with one attached hydrogen (secondary N) is 1. The van der Waals surface area contributed by atoms with Crippen LogP contribution in [-0.2, 0) is 0 Å². The number of rotatable bonds is 8. The topological polar surface area (TPSA) is 67.2 Å². The third-order valence-electron chi connectivity index (χ3n) is 4.38. The van der Waals surface area contributed by atoms with Crippen LogP contribution in [0.3, 0.4) is 0 Å². The number of aromatic nitrogens is 1. The molecular formula is C24H23BrFN3O2. The standard InChI is InChI=1S/C24H23BrFN3O2/c1-4-30-18-12-19(23(26)21(13-18)31-15(2)3)24(20-6-5-7-22(25)29-20)28-17-10-8-16(14-27)9-11-17/h5-13,15,24,28H,4H2,1-3H3. The number of nitrogens with zero attached hydrogens (tertiary/aromatic N) is 2. The number of pyridine rings is 1. The van der Waals surface area contributed by atoms with Crippen molar-refractivity contribution < 1.29 is 13.9 Å². The van der Waals surface area contributed by atoms with Crippen LogP contribution in [0.4, 0.5) is 10.1 Å². The number of ether oxygens (including phenoxy) is 2. The van der Waals surface area contributed by atoms with E-state index in [2.05, 4.69) is 32.3 Å². The Morgan fingerprint density at radius 3 is 2.52 bits per heavy atom. The Hall–Kier alpha value is -3.11. The molecular weight excluding hydrogens is 461 g/mol. The summed E-state index contributed by atoms with van der Waals surface area (Å²) in [6.07, 6.45) is -0.201. The number of hydrogen-bond donors (Lipinski definition) is 1. The number of anilines is 1. The molecule has 0 saturated carbocycles. The SMILES string of the molecule is CCOc1cc(OC(C)C)c(F)c(C(Nc2ccc(C#N)cc2)c2cccc(Br)n2)c1. The minimum absolute atomic E-state index is 0.123. The van der Waals surface area contributed by atoms with Crippen molar-refractivity contribution in [2.75, 3.05) is 11.9 Å². The summed E-state index contributed by atoms with van der Waals surface area (Å²) in [6, 6.07) is 17.1. The van der Waals surface area contributed by atoms with Crippen LogP contribution in [0.15, 0.2) is 59.2 Å². The molecule has 0 spiro atoms. The molecule has 0 aliphatic heterocycles. The van der Waals surface area contributed by atoms with Crippen LogP contribution < -0.4 is 14.8 Å². The molecule has 3 rings (SSSR count). The summed E-state index contributed by atoms with van der Waals surface area (Å²) in [7, 11) is 0. The van der Waals surface area contributed by atoms with E-state index in [9.17, 15) is 0 Å². The summed E-state index contributed by atoms with van der Waals surface area (Å²) >= 11 is 3.39. The highest BCUT2D eigenvalue weighted by molar-refractivity contribution is 9.10. The lowest BCUT2D eigenvalue weighted by Crippen LogP contribution is -2.17. The maximum absolute atomic E-state index is 15.6. The number of benzene rings is 2.